The number of aliphatic carboxylic acids is 4. The SMILES string of the molecule is O=C(O)CCCC(C(=O)O)C(C(=O)O)C(=O)O. The molecule has 0 radical (unpaired) electrons. The van der Waals surface area contributed by atoms with E-state index in [1.165, 1.54) is 0 Å². The van der Waals surface area contributed by atoms with Crippen molar-refractivity contribution in [2.45, 2.75) is 19.3 Å². The Morgan fingerprint density at radius 2 is 1.29 bits per heavy atom. The summed E-state index contributed by atoms with van der Waals surface area (Å²) in [6, 6.07) is 0. The van der Waals surface area contributed by atoms with Gasteiger partial charge in [-0.15, -0.1) is 0 Å². The molecule has 8 nitrogen and oxygen atoms in total. The summed E-state index contributed by atoms with van der Waals surface area (Å²) in [6.07, 6.45) is -0.746. The summed E-state index contributed by atoms with van der Waals surface area (Å²) in [6.45, 7) is 0. The van der Waals surface area contributed by atoms with Gasteiger partial charge in [-0.3, -0.25) is 19.2 Å². The van der Waals surface area contributed by atoms with Gasteiger partial charge in [0.1, 0.15) is 0 Å². The first-order valence-electron chi connectivity index (χ1n) is 4.67. The summed E-state index contributed by atoms with van der Waals surface area (Å²) < 4.78 is 0. The minimum atomic E-state index is -2.07. The normalized spacial score (nSPS) is 12.1. The zero-order valence-corrected chi connectivity index (χ0v) is 8.70. The Bertz CT molecular complexity index is 320. The summed E-state index contributed by atoms with van der Waals surface area (Å²) >= 11 is 0. The molecule has 0 saturated carbocycles. The number of carboxylic acid groups (broad SMARTS) is 4. The molecule has 0 aromatic rings. The second-order valence-electron chi connectivity index (χ2n) is 3.38. The molecule has 0 spiro atoms. The lowest BCUT2D eigenvalue weighted by atomic mass is 9.88. The van der Waals surface area contributed by atoms with Crippen molar-refractivity contribution in [3.63, 3.8) is 0 Å². The summed E-state index contributed by atoms with van der Waals surface area (Å²) in [7, 11) is 0. The molecule has 0 aromatic carbocycles. The van der Waals surface area contributed by atoms with Crippen LogP contribution in [0.4, 0.5) is 0 Å². The van der Waals surface area contributed by atoms with Gasteiger partial charge in [-0.1, -0.05) is 0 Å². The van der Waals surface area contributed by atoms with Gasteiger partial charge in [0.15, 0.2) is 5.92 Å². The fourth-order valence-electron chi connectivity index (χ4n) is 1.36. The molecule has 0 fully saturated rings. The molecule has 4 N–H and O–H groups in total. The lowest BCUT2D eigenvalue weighted by molar-refractivity contribution is -0.164. The van der Waals surface area contributed by atoms with E-state index >= 15 is 0 Å². The topological polar surface area (TPSA) is 149 Å². The van der Waals surface area contributed by atoms with Gasteiger partial charge in [-0.25, -0.2) is 0 Å². The number of rotatable bonds is 8. The molecule has 0 bridgehead atoms. The van der Waals surface area contributed by atoms with Gasteiger partial charge >= 0.3 is 23.9 Å². The Kier molecular flexibility index (Phi) is 5.65. The summed E-state index contributed by atoms with van der Waals surface area (Å²) in [4.78, 5) is 42.2. The summed E-state index contributed by atoms with van der Waals surface area (Å²) in [5.41, 5.74) is 0. The van der Waals surface area contributed by atoms with Crippen LogP contribution in [-0.2, 0) is 19.2 Å². The molecule has 0 saturated heterocycles. The maximum Gasteiger partial charge on any atom is 0.318 e. The second kappa shape index (κ2) is 6.46. The van der Waals surface area contributed by atoms with Crippen LogP contribution in [-0.4, -0.2) is 44.3 Å². The molecular formula is C9H12O8. The van der Waals surface area contributed by atoms with Crippen LogP contribution in [0.3, 0.4) is 0 Å². The van der Waals surface area contributed by atoms with Gasteiger partial charge in [0.05, 0.1) is 5.92 Å². The maximum atomic E-state index is 10.8. The molecule has 0 aromatic heterocycles. The lowest BCUT2D eigenvalue weighted by Gasteiger charge is -2.16. The summed E-state index contributed by atoms with van der Waals surface area (Å²) in [5.74, 6) is -9.92. The Morgan fingerprint density at radius 3 is 1.59 bits per heavy atom. The van der Waals surface area contributed by atoms with Gasteiger partial charge in [0, 0.05) is 6.42 Å². The molecule has 17 heavy (non-hydrogen) atoms. The van der Waals surface area contributed by atoms with E-state index in [2.05, 4.69) is 0 Å². The highest BCUT2D eigenvalue weighted by Gasteiger charge is 2.39. The number of carboxylic acids is 4. The van der Waals surface area contributed by atoms with Crippen LogP contribution in [0, 0.1) is 11.8 Å². The minimum Gasteiger partial charge on any atom is -0.481 e. The molecule has 0 aliphatic carbocycles. The number of hydrogen-bond acceptors (Lipinski definition) is 4. The van der Waals surface area contributed by atoms with E-state index in [9.17, 15) is 19.2 Å². The molecule has 0 aliphatic rings. The monoisotopic (exact) mass is 248 g/mol. The van der Waals surface area contributed by atoms with Gasteiger partial charge in [0.25, 0.3) is 0 Å². The van der Waals surface area contributed by atoms with E-state index in [1.807, 2.05) is 0 Å². The average Bonchev–Trinajstić information content (AvgIpc) is 2.13. The van der Waals surface area contributed by atoms with Crippen molar-refractivity contribution >= 4 is 23.9 Å². The van der Waals surface area contributed by atoms with Gasteiger partial charge in [-0.05, 0) is 12.8 Å². The van der Waals surface area contributed by atoms with Crippen LogP contribution in [0.1, 0.15) is 19.3 Å². The first-order valence-corrected chi connectivity index (χ1v) is 4.67. The molecule has 0 amide bonds. The third-order valence-corrected chi connectivity index (χ3v) is 2.16. The number of hydrogen-bond donors (Lipinski definition) is 4. The van der Waals surface area contributed by atoms with E-state index in [1.54, 1.807) is 0 Å². The molecule has 1 unspecified atom stereocenters. The molecule has 1 atom stereocenters. The Balaban J connectivity index is 4.70. The first kappa shape index (κ1) is 14.9. The Labute approximate surface area is 95.5 Å². The van der Waals surface area contributed by atoms with Crippen LogP contribution in [0.15, 0.2) is 0 Å². The van der Waals surface area contributed by atoms with Gasteiger partial charge < -0.3 is 20.4 Å². The van der Waals surface area contributed by atoms with Gasteiger partial charge in [-0.2, -0.15) is 0 Å². The minimum absolute atomic E-state index is 0.0939. The number of carbonyl (C=O) groups is 4. The highest BCUT2D eigenvalue weighted by molar-refractivity contribution is 5.97. The Morgan fingerprint density at radius 1 is 0.824 bits per heavy atom. The van der Waals surface area contributed by atoms with Crippen LogP contribution >= 0.6 is 0 Å². The standard InChI is InChI=1S/C9H12O8/c10-5(11)3-1-2-4(7(12)13)6(8(14)15)9(16)17/h4,6H,1-3H2,(H,10,11)(H,12,13)(H,14,15)(H,16,17). The van der Waals surface area contributed by atoms with Crippen molar-refractivity contribution in [1.29, 1.82) is 0 Å². The first-order chi connectivity index (χ1) is 7.77. The molecule has 0 heterocycles. The fourth-order valence-corrected chi connectivity index (χ4v) is 1.36. The highest BCUT2D eigenvalue weighted by Crippen LogP contribution is 2.20. The van der Waals surface area contributed by atoms with Crippen molar-refractivity contribution in [2.75, 3.05) is 0 Å². The lowest BCUT2D eigenvalue weighted by Crippen LogP contribution is -2.35. The quantitative estimate of drug-likeness (QED) is 0.428. The predicted molar refractivity (Wildman–Crippen MR) is 51.4 cm³/mol. The van der Waals surface area contributed by atoms with E-state index in [0.29, 0.717) is 0 Å². The average molecular weight is 248 g/mol. The van der Waals surface area contributed by atoms with Crippen molar-refractivity contribution in [3.05, 3.63) is 0 Å². The third-order valence-electron chi connectivity index (χ3n) is 2.16. The van der Waals surface area contributed by atoms with Gasteiger partial charge in [0.2, 0.25) is 0 Å². The van der Waals surface area contributed by atoms with E-state index < -0.39 is 35.7 Å². The van der Waals surface area contributed by atoms with Crippen molar-refractivity contribution in [1.82, 2.24) is 0 Å². The van der Waals surface area contributed by atoms with Crippen molar-refractivity contribution in [2.24, 2.45) is 11.8 Å². The van der Waals surface area contributed by atoms with Crippen molar-refractivity contribution < 1.29 is 39.6 Å². The van der Waals surface area contributed by atoms with Crippen LogP contribution in [0.25, 0.3) is 0 Å². The van der Waals surface area contributed by atoms with Crippen LogP contribution in [0.2, 0.25) is 0 Å². The Hall–Kier alpha value is -2.12. The molecule has 0 aliphatic heterocycles. The molecule has 96 valence electrons. The van der Waals surface area contributed by atoms with E-state index in [0.717, 1.165) is 0 Å². The predicted octanol–water partition coefficient (Wildman–Crippen LogP) is -0.272. The molecular weight excluding hydrogens is 236 g/mol. The highest BCUT2D eigenvalue weighted by atomic mass is 16.4. The largest absolute Gasteiger partial charge is 0.481 e. The van der Waals surface area contributed by atoms with E-state index in [4.69, 9.17) is 20.4 Å². The zero-order valence-electron chi connectivity index (χ0n) is 8.70. The molecule has 8 heteroatoms. The smallest absolute Gasteiger partial charge is 0.318 e. The third kappa shape index (κ3) is 4.96. The summed E-state index contributed by atoms with van der Waals surface area (Å²) in [5, 5.41) is 34.3. The molecule has 0 rings (SSSR count). The van der Waals surface area contributed by atoms with Crippen molar-refractivity contribution in [3.8, 4) is 0 Å². The van der Waals surface area contributed by atoms with Crippen LogP contribution < -0.4 is 0 Å². The maximum absolute atomic E-state index is 10.8. The second-order valence-corrected chi connectivity index (χ2v) is 3.38. The van der Waals surface area contributed by atoms with E-state index in [-0.39, 0.29) is 19.3 Å². The zero-order chi connectivity index (χ0) is 13.6. The van der Waals surface area contributed by atoms with Crippen LogP contribution in [0.5, 0.6) is 0 Å². The fraction of sp³-hybridized carbons (Fsp3) is 0.556.